The van der Waals surface area contributed by atoms with Crippen molar-refractivity contribution in [2.24, 2.45) is 5.92 Å². The minimum Gasteiger partial charge on any atom is -0.326 e. The summed E-state index contributed by atoms with van der Waals surface area (Å²) in [6.45, 7) is 3.56. The van der Waals surface area contributed by atoms with Gasteiger partial charge < -0.3 is 5.32 Å². The number of benzene rings is 1. The van der Waals surface area contributed by atoms with Gasteiger partial charge in [0.25, 0.3) is 0 Å². The van der Waals surface area contributed by atoms with Gasteiger partial charge in [-0.25, -0.2) is 8.42 Å². The second kappa shape index (κ2) is 5.95. The van der Waals surface area contributed by atoms with E-state index in [1.807, 2.05) is 0 Å². The first-order valence-electron chi connectivity index (χ1n) is 6.71. The van der Waals surface area contributed by atoms with Crippen LogP contribution in [0.25, 0.3) is 0 Å². The zero-order valence-corrected chi connectivity index (χ0v) is 12.8. The summed E-state index contributed by atoms with van der Waals surface area (Å²) < 4.78 is 26.3. The van der Waals surface area contributed by atoms with Gasteiger partial charge in [-0.15, -0.1) is 0 Å². The first-order chi connectivity index (χ1) is 9.80. The summed E-state index contributed by atoms with van der Waals surface area (Å²) in [4.78, 5) is 22.6. The van der Waals surface area contributed by atoms with Crippen LogP contribution in [0.15, 0.2) is 29.2 Å². The molecule has 1 heterocycles. The molecule has 0 bridgehead atoms. The van der Waals surface area contributed by atoms with Gasteiger partial charge in [-0.05, 0) is 24.3 Å². The van der Waals surface area contributed by atoms with Crippen molar-refractivity contribution in [2.45, 2.75) is 25.2 Å². The van der Waals surface area contributed by atoms with Crippen LogP contribution in [-0.2, 0) is 19.6 Å². The fraction of sp³-hybridized carbons (Fsp3) is 0.429. The lowest BCUT2D eigenvalue weighted by molar-refractivity contribution is -0.124. The minimum atomic E-state index is -3.60. The molecule has 1 aliphatic heterocycles. The molecule has 0 aromatic heterocycles. The predicted molar refractivity (Wildman–Crippen MR) is 78.3 cm³/mol. The maximum Gasteiger partial charge on any atom is 0.243 e. The van der Waals surface area contributed by atoms with Crippen molar-refractivity contribution in [3.05, 3.63) is 24.3 Å². The van der Waals surface area contributed by atoms with Crippen molar-refractivity contribution < 1.29 is 18.0 Å². The number of rotatable bonds is 3. The molecule has 0 radical (unpaired) electrons. The van der Waals surface area contributed by atoms with Crippen LogP contribution in [0.4, 0.5) is 5.69 Å². The lowest BCUT2D eigenvalue weighted by atomic mass is 10.0. The smallest absolute Gasteiger partial charge is 0.243 e. The Hall–Kier alpha value is -1.73. The average Bonchev–Trinajstić information content (AvgIpc) is 2.41. The Morgan fingerprint density at radius 3 is 2.43 bits per heavy atom. The highest BCUT2D eigenvalue weighted by atomic mass is 32.2. The first kappa shape index (κ1) is 15.7. The van der Waals surface area contributed by atoms with Crippen LogP contribution < -0.4 is 5.32 Å². The molecule has 7 heteroatoms. The van der Waals surface area contributed by atoms with E-state index in [9.17, 15) is 18.0 Å². The van der Waals surface area contributed by atoms with Crippen LogP contribution in [0, 0.1) is 5.92 Å². The Bertz CT molecular complexity index is 652. The molecule has 1 atom stereocenters. The lowest BCUT2D eigenvalue weighted by Crippen LogP contribution is -2.43. The van der Waals surface area contributed by atoms with Gasteiger partial charge >= 0.3 is 0 Å². The number of anilines is 1. The Balaban J connectivity index is 2.19. The topological polar surface area (TPSA) is 83.6 Å². The number of hydrogen-bond acceptors (Lipinski definition) is 4. The molecule has 0 aliphatic carbocycles. The predicted octanol–water partition coefficient (Wildman–Crippen LogP) is 1.24. The Morgan fingerprint density at radius 2 is 1.90 bits per heavy atom. The number of carbonyl (C=O) groups is 2. The van der Waals surface area contributed by atoms with Crippen LogP contribution in [0.2, 0.25) is 0 Å². The van der Waals surface area contributed by atoms with Gasteiger partial charge in [0.1, 0.15) is 5.78 Å². The maximum atomic E-state index is 12.5. The molecule has 1 aromatic carbocycles. The number of piperidine rings is 1. The zero-order chi connectivity index (χ0) is 15.6. The maximum absolute atomic E-state index is 12.5. The highest BCUT2D eigenvalue weighted by Crippen LogP contribution is 2.23. The number of nitrogens with zero attached hydrogens (tertiary/aromatic N) is 1. The van der Waals surface area contributed by atoms with Gasteiger partial charge in [-0.3, -0.25) is 9.59 Å². The molecule has 1 aliphatic rings. The molecule has 114 valence electrons. The third kappa shape index (κ3) is 3.48. The molecule has 1 unspecified atom stereocenters. The highest BCUT2D eigenvalue weighted by molar-refractivity contribution is 7.89. The van der Waals surface area contributed by atoms with Gasteiger partial charge in [0.05, 0.1) is 4.90 Å². The van der Waals surface area contributed by atoms with E-state index in [0.29, 0.717) is 5.69 Å². The number of Topliss-reactive ketones (excluding diaryl/α,β-unsaturated/α-hetero) is 1. The summed E-state index contributed by atoms with van der Waals surface area (Å²) in [6.07, 6.45) is 0.254. The summed E-state index contributed by atoms with van der Waals surface area (Å²) in [5.74, 6) is -0.386. The second-order valence-electron chi connectivity index (χ2n) is 5.19. The molecule has 1 saturated heterocycles. The quantitative estimate of drug-likeness (QED) is 0.910. The highest BCUT2D eigenvalue weighted by Gasteiger charge is 2.32. The van der Waals surface area contributed by atoms with E-state index in [1.165, 1.54) is 23.4 Å². The molecule has 0 spiro atoms. The van der Waals surface area contributed by atoms with E-state index in [2.05, 4.69) is 5.32 Å². The zero-order valence-electron chi connectivity index (χ0n) is 12.0. The number of ketones is 1. The molecule has 2 rings (SSSR count). The van der Waals surface area contributed by atoms with Crippen LogP contribution >= 0.6 is 0 Å². The van der Waals surface area contributed by atoms with E-state index in [1.54, 1.807) is 19.1 Å². The standard InChI is InChI=1S/C14H18N2O4S/c1-10-9-16(8-7-14(10)18)21(19,20)13-5-3-12(4-6-13)15-11(2)17/h3-6,10H,7-9H2,1-2H3,(H,15,17). The van der Waals surface area contributed by atoms with Crippen molar-refractivity contribution in [3.63, 3.8) is 0 Å². The summed E-state index contributed by atoms with van der Waals surface area (Å²) in [7, 11) is -3.60. The SMILES string of the molecule is CC(=O)Nc1ccc(S(=O)(=O)N2CCC(=O)C(C)C2)cc1. The second-order valence-corrected chi connectivity index (χ2v) is 7.12. The van der Waals surface area contributed by atoms with Crippen molar-refractivity contribution in [3.8, 4) is 0 Å². The van der Waals surface area contributed by atoms with Gasteiger partial charge in [0.15, 0.2) is 0 Å². The third-order valence-electron chi connectivity index (χ3n) is 3.45. The van der Waals surface area contributed by atoms with E-state index in [0.717, 1.165) is 0 Å². The summed E-state index contributed by atoms with van der Waals surface area (Å²) in [6, 6.07) is 6.02. The number of amides is 1. The number of hydrogen-bond donors (Lipinski definition) is 1. The van der Waals surface area contributed by atoms with Gasteiger partial charge in [0.2, 0.25) is 15.9 Å². The molecule has 1 aromatic rings. The molecule has 0 saturated carbocycles. The molecule has 1 N–H and O–H groups in total. The molecule has 1 amide bonds. The van der Waals surface area contributed by atoms with Crippen LogP contribution in [0.5, 0.6) is 0 Å². The largest absolute Gasteiger partial charge is 0.326 e. The van der Waals surface area contributed by atoms with Crippen molar-refractivity contribution in [1.82, 2.24) is 4.31 Å². The molecular formula is C14H18N2O4S. The average molecular weight is 310 g/mol. The van der Waals surface area contributed by atoms with E-state index in [-0.39, 0.29) is 42.0 Å². The van der Waals surface area contributed by atoms with Crippen LogP contribution in [-0.4, -0.2) is 37.5 Å². The monoisotopic (exact) mass is 310 g/mol. The summed E-state index contributed by atoms with van der Waals surface area (Å²) in [5, 5.41) is 2.58. The Labute approximate surface area is 124 Å². The van der Waals surface area contributed by atoms with Crippen molar-refractivity contribution >= 4 is 27.4 Å². The Kier molecular flexibility index (Phi) is 4.43. The van der Waals surface area contributed by atoms with E-state index >= 15 is 0 Å². The fourth-order valence-corrected chi connectivity index (χ4v) is 3.79. The molecule has 6 nitrogen and oxygen atoms in total. The van der Waals surface area contributed by atoms with Gasteiger partial charge in [0, 0.05) is 38.0 Å². The molecule has 21 heavy (non-hydrogen) atoms. The lowest BCUT2D eigenvalue weighted by Gasteiger charge is -2.29. The summed E-state index contributed by atoms with van der Waals surface area (Å²) in [5.41, 5.74) is 0.545. The van der Waals surface area contributed by atoms with Gasteiger partial charge in [-0.1, -0.05) is 6.92 Å². The third-order valence-corrected chi connectivity index (χ3v) is 5.33. The van der Waals surface area contributed by atoms with E-state index < -0.39 is 10.0 Å². The fourth-order valence-electron chi connectivity index (χ4n) is 2.26. The number of sulfonamides is 1. The number of carbonyl (C=O) groups excluding carboxylic acids is 2. The van der Waals surface area contributed by atoms with Crippen molar-refractivity contribution in [2.75, 3.05) is 18.4 Å². The van der Waals surface area contributed by atoms with Crippen LogP contribution in [0.3, 0.4) is 0 Å². The number of nitrogens with one attached hydrogen (secondary N) is 1. The molecule has 1 fully saturated rings. The minimum absolute atomic E-state index is 0.0995. The van der Waals surface area contributed by atoms with Crippen LogP contribution in [0.1, 0.15) is 20.3 Å². The Morgan fingerprint density at radius 1 is 1.29 bits per heavy atom. The molecular weight excluding hydrogens is 292 g/mol. The van der Waals surface area contributed by atoms with E-state index in [4.69, 9.17) is 0 Å². The van der Waals surface area contributed by atoms with Crippen molar-refractivity contribution in [1.29, 1.82) is 0 Å². The summed E-state index contributed by atoms with van der Waals surface area (Å²) >= 11 is 0. The van der Waals surface area contributed by atoms with Gasteiger partial charge in [-0.2, -0.15) is 4.31 Å². The normalized spacial score (nSPS) is 20.3. The first-order valence-corrected chi connectivity index (χ1v) is 8.15.